The molecule has 0 aliphatic carbocycles. The Morgan fingerprint density at radius 3 is 1.30 bits per heavy atom. The average molecular weight is 549 g/mol. The lowest BCUT2D eigenvalue weighted by Crippen LogP contribution is -1.93. The van der Waals surface area contributed by atoms with E-state index in [-0.39, 0.29) is 0 Å². The molecule has 6 aromatic carbocycles. The number of rotatable bonds is 2. The number of nitriles is 2. The number of para-hydroxylation sites is 2. The summed E-state index contributed by atoms with van der Waals surface area (Å²) in [6, 6.07) is 48.9. The third-order valence-corrected chi connectivity index (χ3v) is 7.77. The maximum absolute atomic E-state index is 9.46. The molecule has 3 nitrogen and oxygen atoms in total. The fraction of sp³-hybridized carbons (Fsp3) is 0. The Bertz CT molecular complexity index is 1990. The van der Waals surface area contributed by atoms with Crippen LogP contribution in [-0.4, -0.2) is 0 Å². The van der Waals surface area contributed by atoms with Gasteiger partial charge in [0.15, 0.2) is 0 Å². The molecule has 0 unspecified atom stereocenters. The predicted molar refractivity (Wildman–Crippen MR) is 173 cm³/mol. The number of fused-ring (bicyclic) bond motifs is 6. The second kappa shape index (κ2) is 11.0. The van der Waals surface area contributed by atoms with Crippen LogP contribution in [0.3, 0.4) is 0 Å². The third-order valence-electron chi connectivity index (χ3n) is 7.77. The van der Waals surface area contributed by atoms with Crippen molar-refractivity contribution in [3.63, 3.8) is 0 Å². The Hall–Kier alpha value is -6.16. The first-order valence-electron chi connectivity index (χ1n) is 14.0. The molecule has 1 aliphatic rings. The van der Waals surface area contributed by atoms with Crippen molar-refractivity contribution < 1.29 is 4.74 Å². The van der Waals surface area contributed by atoms with Crippen molar-refractivity contribution >= 4 is 12.2 Å². The van der Waals surface area contributed by atoms with E-state index >= 15 is 0 Å². The minimum atomic E-state index is 0.629. The maximum Gasteiger partial charge on any atom is 0.135 e. The molecule has 0 amide bonds. The highest BCUT2D eigenvalue weighted by Crippen LogP contribution is 2.43. The van der Waals surface area contributed by atoms with Gasteiger partial charge in [0, 0.05) is 11.1 Å². The monoisotopic (exact) mass is 548 g/mol. The number of hydrogen-bond donors (Lipinski definition) is 0. The molecule has 0 fully saturated rings. The number of ether oxygens (including phenoxy) is 1. The Labute approximate surface area is 250 Å². The Morgan fingerprint density at radius 2 is 0.837 bits per heavy atom. The van der Waals surface area contributed by atoms with Crippen LogP contribution in [0.15, 0.2) is 133 Å². The summed E-state index contributed by atoms with van der Waals surface area (Å²) in [5.74, 6) is 1.52. The van der Waals surface area contributed by atoms with E-state index in [1.54, 1.807) is 0 Å². The van der Waals surface area contributed by atoms with Gasteiger partial charge in [-0.15, -0.1) is 0 Å². The molecule has 3 heteroatoms. The molecular formula is C40H24N2O. The highest BCUT2D eigenvalue weighted by molar-refractivity contribution is 5.91. The molecule has 0 atom stereocenters. The van der Waals surface area contributed by atoms with Crippen molar-refractivity contribution in [1.82, 2.24) is 0 Å². The van der Waals surface area contributed by atoms with Crippen LogP contribution >= 0.6 is 0 Å². The summed E-state index contributed by atoms with van der Waals surface area (Å²) >= 11 is 0. The van der Waals surface area contributed by atoms with Crippen molar-refractivity contribution in [1.29, 1.82) is 10.5 Å². The molecule has 0 aromatic heterocycles. The van der Waals surface area contributed by atoms with Gasteiger partial charge in [0.05, 0.1) is 23.3 Å². The van der Waals surface area contributed by atoms with E-state index in [2.05, 4.69) is 72.8 Å². The SMILES string of the molecule is N#Cc1cccc(-c2ccc3c(c2)-c2ccccc2Oc2ccccc2-c2cc(-c4cccc(C#N)c4)ccc2C=C3)c1. The van der Waals surface area contributed by atoms with Crippen molar-refractivity contribution in [2.24, 2.45) is 0 Å². The lowest BCUT2D eigenvalue weighted by molar-refractivity contribution is 0.486. The van der Waals surface area contributed by atoms with Crippen molar-refractivity contribution in [3.8, 4) is 68.1 Å². The van der Waals surface area contributed by atoms with Crippen LogP contribution in [-0.2, 0) is 0 Å². The van der Waals surface area contributed by atoms with Crippen molar-refractivity contribution in [3.05, 3.63) is 156 Å². The first-order chi connectivity index (χ1) is 21.2. The molecule has 0 spiro atoms. The molecule has 0 N–H and O–H groups in total. The second-order valence-electron chi connectivity index (χ2n) is 10.4. The van der Waals surface area contributed by atoms with Gasteiger partial charge in [0.1, 0.15) is 11.5 Å². The van der Waals surface area contributed by atoms with Crippen LogP contribution in [0, 0.1) is 22.7 Å². The Morgan fingerprint density at radius 1 is 0.395 bits per heavy atom. The fourth-order valence-corrected chi connectivity index (χ4v) is 5.62. The van der Waals surface area contributed by atoms with Crippen LogP contribution in [0.1, 0.15) is 22.3 Å². The highest BCUT2D eigenvalue weighted by Gasteiger charge is 2.17. The predicted octanol–water partition coefficient (Wildman–Crippen LogP) is 10.4. The molecule has 7 rings (SSSR count). The summed E-state index contributed by atoms with van der Waals surface area (Å²) < 4.78 is 6.74. The average Bonchev–Trinajstić information content (AvgIpc) is 3.09. The zero-order valence-corrected chi connectivity index (χ0v) is 23.2. The van der Waals surface area contributed by atoms with E-state index in [1.165, 1.54) is 0 Å². The molecule has 0 saturated heterocycles. The zero-order valence-electron chi connectivity index (χ0n) is 23.2. The number of nitrogens with zero attached hydrogens (tertiary/aromatic N) is 2. The normalized spacial score (nSPS) is 11.3. The standard InChI is InChI=1S/C40H24N2O/c41-25-27-7-5-9-31(21-27)33-19-17-29-15-16-30-18-20-34(32-10-6-8-28(22-32)26-42)24-38(30)36-12-2-4-14-40(36)43-39-13-3-1-11-35(39)37(29)23-33/h1-24H. The highest BCUT2D eigenvalue weighted by atomic mass is 16.5. The van der Waals surface area contributed by atoms with Gasteiger partial charge in [-0.25, -0.2) is 0 Å². The van der Waals surface area contributed by atoms with E-state index in [1.807, 2.05) is 84.9 Å². The van der Waals surface area contributed by atoms with Gasteiger partial charge < -0.3 is 4.74 Å². The van der Waals surface area contributed by atoms with Gasteiger partial charge in [-0.3, -0.25) is 0 Å². The van der Waals surface area contributed by atoms with Gasteiger partial charge in [-0.2, -0.15) is 10.5 Å². The summed E-state index contributed by atoms with van der Waals surface area (Å²) in [7, 11) is 0. The van der Waals surface area contributed by atoms with E-state index in [9.17, 15) is 10.5 Å². The van der Waals surface area contributed by atoms with Gasteiger partial charge in [-0.05, 0) is 93.0 Å². The molecule has 0 radical (unpaired) electrons. The summed E-state index contributed by atoms with van der Waals surface area (Å²) in [5.41, 5.74) is 11.4. The fourth-order valence-electron chi connectivity index (χ4n) is 5.62. The third kappa shape index (κ3) is 4.97. The molecular weight excluding hydrogens is 524 g/mol. The molecule has 1 heterocycles. The molecule has 43 heavy (non-hydrogen) atoms. The topological polar surface area (TPSA) is 56.8 Å². The first kappa shape index (κ1) is 25.8. The minimum absolute atomic E-state index is 0.629. The van der Waals surface area contributed by atoms with Crippen molar-refractivity contribution in [2.75, 3.05) is 0 Å². The van der Waals surface area contributed by atoms with Gasteiger partial charge in [0.25, 0.3) is 0 Å². The van der Waals surface area contributed by atoms with Crippen LogP contribution in [0.4, 0.5) is 0 Å². The summed E-state index contributed by atoms with van der Waals surface area (Å²) in [6.07, 6.45) is 4.31. The summed E-state index contributed by atoms with van der Waals surface area (Å²) in [6.45, 7) is 0. The second-order valence-corrected chi connectivity index (χ2v) is 10.4. The van der Waals surface area contributed by atoms with E-state index in [0.29, 0.717) is 11.1 Å². The Kier molecular flexibility index (Phi) is 6.61. The summed E-state index contributed by atoms with van der Waals surface area (Å²) in [5, 5.41) is 18.9. The van der Waals surface area contributed by atoms with E-state index < -0.39 is 0 Å². The van der Waals surface area contributed by atoms with E-state index in [4.69, 9.17) is 4.74 Å². The minimum Gasteiger partial charge on any atom is -0.456 e. The molecule has 6 aromatic rings. The van der Waals surface area contributed by atoms with Crippen LogP contribution in [0.2, 0.25) is 0 Å². The smallest absolute Gasteiger partial charge is 0.135 e. The van der Waals surface area contributed by atoms with E-state index in [0.717, 1.165) is 67.1 Å². The Balaban J connectivity index is 1.45. The molecule has 1 aliphatic heterocycles. The summed E-state index contributed by atoms with van der Waals surface area (Å²) in [4.78, 5) is 0. The van der Waals surface area contributed by atoms with Gasteiger partial charge in [-0.1, -0.05) is 97.1 Å². The van der Waals surface area contributed by atoms with Gasteiger partial charge >= 0.3 is 0 Å². The van der Waals surface area contributed by atoms with Crippen LogP contribution < -0.4 is 4.74 Å². The molecule has 200 valence electrons. The van der Waals surface area contributed by atoms with Crippen molar-refractivity contribution in [2.45, 2.75) is 0 Å². The lowest BCUT2D eigenvalue weighted by Gasteiger charge is -2.17. The zero-order chi connectivity index (χ0) is 29.2. The first-order valence-corrected chi connectivity index (χ1v) is 14.0. The molecule has 0 bridgehead atoms. The lowest BCUT2D eigenvalue weighted by atomic mass is 9.92. The quantitative estimate of drug-likeness (QED) is 0.216. The number of hydrogen-bond acceptors (Lipinski definition) is 3. The maximum atomic E-state index is 9.46. The van der Waals surface area contributed by atoms with Crippen LogP contribution in [0.25, 0.3) is 56.7 Å². The molecule has 0 saturated carbocycles. The van der Waals surface area contributed by atoms with Gasteiger partial charge in [0.2, 0.25) is 0 Å². The van der Waals surface area contributed by atoms with Crippen LogP contribution in [0.5, 0.6) is 11.5 Å². The largest absolute Gasteiger partial charge is 0.456 e. The number of benzene rings is 6.